The highest BCUT2D eigenvalue weighted by Crippen LogP contribution is 2.23. The second-order valence-electron chi connectivity index (χ2n) is 4.26. The van der Waals surface area contributed by atoms with Crippen molar-refractivity contribution in [3.8, 4) is 17.2 Å². The van der Waals surface area contributed by atoms with Crippen LogP contribution in [0.15, 0.2) is 48.5 Å². The zero-order valence-electron chi connectivity index (χ0n) is 10.5. The van der Waals surface area contributed by atoms with Crippen LogP contribution in [0, 0.1) is 11.3 Å². The van der Waals surface area contributed by atoms with Crippen molar-refractivity contribution in [3.05, 3.63) is 59.7 Å². The zero-order chi connectivity index (χ0) is 13.7. The topological polar surface area (TPSA) is 66.9 Å². The summed E-state index contributed by atoms with van der Waals surface area (Å²) in [5.74, 6) is -0.453. The van der Waals surface area contributed by atoms with Gasteiger partial charge in [0.05, 0.1) is 6.07 Å². The van der Waals surface area contributed by atoms with E-state index >= 15 is 0 Å². The number of carbonyl (C=O) groups excluding carboxylic acids is 1. The SMILES string of the molecule is N#CCCc1ccc(-c2ccccc2)cc1C(N)=O. The van der Waals surface area contributed by atoms with Crippen LogP contribution in [0.2, 0.25) is 0 Å². The molecule has 0 bridgehead atoms. The van der Waals surface area contributed by atoms with Gasteiger partial charge in [-0.05, 0) is 29.2 Å². The van der Waals surface area contributed by atoms with Crippen molar-refractivity contribution in [2.45, 2.75) is 12.8 Å². The molecule has 1 amide bonds. The Balaban J connectivity index is 2.42. The van der Waals surface area contributed by atoms with E-state index in [1.807, 2.05) is 42.5 Å². The van der Waals surface area contributed by atoms with E-state index in [0.717, 1.165) is 16.7 Å². The fourth-order valence-electron chi connectivity index (χ4n) is 2.02. The first kappa shape index (κ1) is 12.8. The first-order chi connectivity index (χ1) is 9.22. The minimum atomic E-state index is -0.453. The molecule has 0 fully saturated rings. The molecule has 0 heterocycles. The standard InChI is InChI=1S/C16H14N2O/c17-10-4-7-13-8-9-14(11-15(13)16(18)19)12-5-2-1-3-6-12/h1-3,5-6,8-9,11H,4,7H2,(H2,18,19). The first-order valence-electron chi connectivity index (χ1n) is 6.07. The van der Waals surface area contributed by atoms with Crippen LogP contribution in [-0.2, 0) is 6.42 Å². The van der Waals surface area contributed by atoms with E-state index < -0.39 is 5.91 Å². The molecule has 94 valence electrons. The van der Waals surface area contributed by atoms with Crippen molar-refractivity contribution in [1.82, 2.24) is 0 Å². The molecule has 3 heteroatoms. The van der Waals surface area contributed by atoms with Gasteiger partial charge in [-0.25, -0.2) is 0 Å². The molecule has 2 aromatic rings. The van der Waals surface area contributed by atoms with Crippen LogP contribution in [0.5, 0.6) is 0 Å². The van der Waals surface area contributed by atoms with E-state index in [2.05, 4.69) is 6.07 Å². The van der Waals surface area contributed by atoms with Gasteiger partial charge in [-0.2, -0.15) is 5.26 Å². The average Bonchev–Trinajstić information content (AvgIpc) is 2.45. The number of amides is 1. The van der Waals surface area contributed by atoms with Crippen molar-refractivity contribution in [1.29, 1.82) is 5.26 Å². The van der Waals surface area contributed by atoms with Crippen LogP contribution in [0.25, 0.3) is 11.1 Å². The number of primary amides is 1. The third-order valence-electron chi connectivity index (χ3n) is 2.99. The maximum absolute atomic E-state index is 11.5. The lowest BCUT2D eigenvalue weighted by Gasteiger charge is -2.08. The number of hydrogen-bond donors (Lipinski definition) is 1. The van der Waals surface area contributed by atoms with Gasteiger partial charge in [0.1, 0.15) is 0 Å². The predicted molar refractivity (Wildman–Crippen MR) is 74.3 cm³/mol. The van der Waals surface area contributed by atoms with Crippen molar-refractivity contribution in [2.24, 2.45) is 5.73 Å². The van der Waals surface area contributed by atoms with Gasteiger partial charge in [0.15, 0.2) is 0 Å². The maximum atomic E-state index is 11.5. The van der Waals surface area contributed by atoms with Crippen molar-refractivity contribution < 1.29 is 4.79 Å². The number of nitrogens with zero attached hydrogens (tertiary/aromatic N) is 1. The molecular formula is C16H14N2O. The van der Waals surface area contributed by atoms with Gasteiger partial charge in [0.2, 0.25) is 5.91 Å². The van der Waals surface area contributed by atoms with Gasteiger partial charge in [-0.15, -0.1) is 0 Å². The summed E-state index contributed by atoms with van der Waals surface area (Å²) in [6.45, 7) is 0. The fourth-order valence-corrected chi connectivity index (χ4v) is 2.02. The Morgan fingerprint density at radius 3 is 2.47 bits per heavy atom. The minimum Gasteiger partial charge on any atom is -0.366 e. The Morgan fingerprint density at radius 1 is 1.11 bits per heavy atom. The number of rotatable bonds is 4. The van der Waals surface area contributed by atoms with Crippen molar-refractivity contribution in [2.75, 3.05) is 0 Å². The summed E-state index contributed by atoms with van der Waals surface area (Å²) in [6, 6.07) is 17.5. The van der Waals surface area contributed by atoms with Gasteiger partial charge in [-0.3, -0.25) is 4.79 Å². The normalized spacial score (nSPS) is 9.84. The summed E-state index contributed by atoms with van der Waals surface area (Å²) in [5, 5.41) is 8.62. The van der Waals surface area contributed by atoms with E-state index in [1.165, 1.54) is 0 Å². The highest BCUT2D eigenvalue weighted by Gasteiger charge is 2.09. The maximum Gasteiger partial charge on any atom is 0.248 e. The van der Waals surface area contributed by atoms with E-state index in [0.29, 0.717) is 18.4 Å². The molecule has 0 spiro atoms. The number of nitriles is 1. The number of carbonyl (C=O) groups is 1. The summed E-state index contributed by atoms with van der Waals surface area (Å²) in [7, 11) is 0. The smallest absolute Gasteiger partial charge is 0.248 e. The number of aryl methyl sites for hydroxylation is 1. The van der Waals surface area contributed by atoms with Crippen LogP contribution in [0.1, 0.15) is 22.3 Å². The van der Waals surface area contributed by atoms with E-state index in [1.54, 1.807) is 6.07 Å². The molecule has 0 radical (unpaired) electrons. The van der Waals surface area contributed by atoms with Crippen LogP contribution in [0.3, 0.4) is 0 Å². The van der Waals surface area contributed by atoms with E-state index in [9.17, 15) is 4.79 Å². The Labute approximate surface area is 112 Å². The molecule has 19 heavy (non-hydrogen) atoms. The molecule has 0 saturated heterocycles. The quantitative estimate of drug-likeness (QED) is 0.906. The van der Waals surface area contributed by atoms with Gasteiger partial charge < -0.3 is 5.73 Å². The Kier molecular flexibility index (Phi) is 3.94. The second kappa shape index (κ2) is 5.83. The third-order valence-corrected chi connectivity index (χ3v) is 2.99. The molecule has 2 rings (SSSR count). The number of hydrogen-bond acceptors (Lipinski definition) is 2. The molecule has 2 N–H and O–H groups in total. The van der Waals surface area contributed by atoms with Gasteiger partial charge in [0.25, 0.3) is 0 Å². The Bertz CT molecular complexity index is 627. The molecule has 0 aliphatic heterocycles. The van der Waals surface area contributed by atoms with Gasteiger partial charge in [-0.1, -0.05) is 42.5 Å². The van der Waals surface area contributed by atoms with Crippen molar-refractivity contribution >= 4 is 5.91 Å². The molecule has 0 unspecified atom stereocenters. The molecular weight excluding hydrogens is 236 g/mol. The van der Waals surface area contributed by atoms with Crippen molar-refractivity contribution in [3.63, 3.8) is 0 Å². The van der Waals surface area contributed by atoms with Crippen LogP contribution >= 0.6 is 0 Å². The summed E-state index contributed by atoms with van der Waals surface area (Å²) >= 11 is 0. The van der Waals surface area contributed by atoms with Gasteiger partial charge >= 0.3 is 0 Å². The highest BCUT2D eigenvalue weighted by atomic mass is 16.1. The molecule has 0 aliphatic rings. The lowest BCUT2D eigenvalue weighted by atomic mass is 9.96. The lowest BCUT2D eigenvalue weighted by Crippen LogP contribution is -2.14. The lowest BCUT2D eigenvalue weighted by molar-refractivity contribution is 0.0999. The number of nitrogens with two attached hydrogens (primary N) is 1. The molecule has 0 aliphatic carbocycles. The zero-order valence-corrected chi connectivity index (χ0v) is 10.5. The van der Waals surface area contributed by atoms with Gasteiger partial charge in [0, 0.05) is 12.0 Å². The van der Waals surface area contributed by atoms with Crippen LogP contribution < -0.4 is 5.73 Å². The highest BCUT2D eigenvalue weighted by molar-refractivity contribution is 5.95. The van der Waals surface area contributed by atoms with Crippen LogP contribution in [-0.4, -0.2) is 5.91 Å². The monoisotopic (exact) mass is 250 g/mol. The van der Waals surface area contributed by atoms with Crippen LogP contribution in [0.4, 0.5) is 0 Å². The first-order valence-corrected chi connectivity index (χ1v) is 6.07. The summed E-state index contributed by atoms with van der Waals surface area (Å²) in [6.07, 6.45) is 0.925. The van der Waals surface area contributed by atoms with E-state index in [-0.39, 0.29) is 0 Å². The molecule has 0 aromatic heterocycles. The largest absolute Gasteiger partial charge is 0.366 e. The molecule has 0 atom stereocenters. The summed E-state index contributed by atoms with van der Waals surface area (Å²) in [4.78, 5) is 11.5. The van der Waals surface area contributed by atoms with E-state index in [4.69, 9.17) is 11.0 Å². The minimum absolute atomic E-state index is 0.380. The second-order valence-corrected chi connectivity index (χ2v) is 4.26. The average molecular weight is 250 g/mol. The summed E-state index contributed by atoms with van der Waals surface area (Å²) < 4.78 is 0. The molecule has 2 aromatic carbocycles. The predicted octanol–water partition coefficient (Wildman–Crippen LogP) is 2.91. The Morgan fingerprint density at radius 2 is 1.84 bits per heavy atom. The fraction of sp³-hybridized carbons (Fsp3) is 0.125. The molecule has 0 saturated carbocycles. The summed E-state index contributed by atoms with van der Waals surface area (Å²) in [5.41, 5.74) is 8.73. The third kappa shape index (κ3) is 2.99. The number of benzene rings is 2. The molecule has 3 nitrogen and oxygen atoms in total. The Hall–Kier alpha value is -2.60.